The van der Waals surface area contributed by atoms with Crippen molar-refractivity contribution in [1.82, 2.24) is 9.78 Å². The Balaban J connectivity index is 1.85. The summed E-state index contributed by atoms with van der Waals surface area (Å²) in [5.41, 5.74) is 0.998. The van der Waals surface area contributed by atoms with Gasteiger partial charge in [0.25, 0.3) is 0 Å². The third-order valence-electron chi connectivity index (χ3n) is 3.18. The van der Waals surface area contributed by atoms with Crippen molar-refractivity contribution in [1.29, 1.82) is 0 Å². The Morgan fingerprint density at radius 2 is 2.14 bits per heavy atom. The van der Waals surface area contributed by atoms with Crippen LogP contribution < -0.4 is 0 Å². The zero-order valence-corrected chi connectivity index (χ0v) is 14.0. The third-order valence-corrected chi connectivity index (χ3v) is 5.39. The third kappa shape index (κ3) is 3.03. The molecule has 3 rings (SSSR count). The van der Waals surface area contributed by atoms with Gasteiger partial charge in [-0.2, -0.15) is 5.10 Å². The minimum atomic E-state index is -0.259. The lowest BCUT2D eigenvalue weighted by atomic mass is 10.3. The van der Waals surface area contributed by atoms with E-state index in [4.69, 9.17) is 4.74 Å². The van der Waals surface area contributed by atoms with E-state index in [1.165, 1.54) is 16.2 Å². The van der Waals surface area contributed by atoms with Gasteiger partial charge in [0.2, 0.25) is 0 Å². The van der Waals surface area contributed by atoms with Gasteiger partial charge in [0, 0.05) is 23.1 Å². The van der Waals surface area contributed by atoms with E-state index in [-0.39, 0.29) is 5.97 Å². The number of ether oxygens (including phenoxy) is 1. The predicted octanol–water partition coefficient (Wildman–Crippen LogP) is 4.10. The number of carbonyl (C=O) groups is 1. The minimum absolute atomic E-state index is 0.259. The largest absolute Gasteiger partial charge is 0.462 e. The number of thiophene rings is 1. The molecule has 0 bridgehead atoms. The summed E-state index contributed by atoms with van der Waals surface area (Å²) in [5.74, 6) is 0.519. The summed E-state index contributed by atoms with van der Waals surface area (Å²) in [6.45, 7) is 2.21. The van der Waals surface area contributed by atoms with Crippen molar-refractivity contribution < 1.29 is 9.53 Å². The number of carbonyl (C=O) groups excluding carboxylic acids is 1. The molecule has 0 amide bonds. The Bertz CT molecular complexity index is 793. The van der Waals surface area contributed by atoms with E-state index in [1.54, 1.807) is 11.8 Å². The van der Waals surface area contributed by atoms with Gasteiger partial charge in [0.05, 0.1) is 12.3 Å². The molecule has 114 valence electrons. The summed E-state index contributed by atoms with van der Waals surface area (Å²) in [6.07, 6.45) is 0. The molecule has 0 N–H and O–H groups in total. The number of fused-ring (bicyclic) bond motifs is 1. The molecule has 0 aliphatic carbocycles. The maximum absolute atomic E-state index is 11.9. The normalized spacial score (nSPS) is 11.0. The molecule has 6 heteroatoms. The standard InChI is InChI=1S/C16H16N2O2S2/c1-3-20-16(19)14-9-12-13(17-18(2)15(12)22-14)10-21-11-7-5-4-6-8-11/h4-9H,3,10H2,1-2H3. The Hall–Kier alpha value is -1.79. The number of thioether (sulfide) groups is 1. The molecule has 22 heavy (non-hydrogen) atoms. The number of esters is 1. The monoisotopic (exact) mass is 332 g/mol. The first-order valence-electron chi connectivity index (χ1n) is 6.99. The van der Waals surface area contributed by atoms with Gasteiger partial charge in [-0.15, -0.1) is 23.1 Å². The summed E-state index contributed by atoms with van der Waals surface area (Å²) < 4.78 is 6.91. The zero-order chi connectivity index (χ0) is 15.5. The van der Waals surface area contributed by atoms with E-state index in [1.807, 2.05) is 42.9 Å². The van der Waals surface area contributed by atoms with E-state index in [0.717, 1.165) is 21.7 Å². The number of aromatic nitrogens is 2. The van der Waals surface area contributed by atoms with Crippen molar-refractivity contribution in [3.63, 3.8) is 0 Å². The van der Waals surface area contributed by atoms with Gasteiger partial charge in [-0.3, -0.25) is 4.68 Å². The number of benzene rings is 1. The number of aryl methyl sites for hydroxylation is 1. The number of rotatable bonds is 5. The Kier molecular flexibility index (Phi) is 4.49. The van der Waals surface area contributed by atoms with Gasteiger partial charge in [-0.05, 0) is 25.1 Å². The van der Waals surface area contributed by atoms with Crippen LogP contribution in [0.15, 0.2) is 41.3 Å². The van der Waals surface area contributed by atoms with Crippen molar-refractivity contribution >= 4 is 39.3 Å². The second-order valence-corrected chi connectivity index (χ2v) is 6.80. The summed E-state index contributed by atoms with van der Waals surface area (Å²) >= 11 is 3.17. The van der Waals surface area contributed by atoms with Crippen LogP contribution in [-0.2, 0) is 17.5 Å². The van der Waals surface area contributed by atoms with Crippen LogP contribution >= 0.6 is 23.1 Å². The molecule has 0 saturated heterocycles. The van der Waals surface area contributed by atoms with Crippen molar-refractivity contribution in [2.24, 2.45) is 7.05 Å². The topological polar surface area (TPSA) is 44.1 Å². The van der Waals surface area contributed by atoms with Crippen molar-refractivity contribution in [3.8, 4) is 0 Å². The molecule has 3 aromatic rings. The van der Waals surface area contributed by atoms with Gasteiger partial charge in [-0.1, -0.05) is 18.2 Å². The zero-order valence-electron chi connectivity index (χ0n) is 12.4. The molecule has 1 aromatic carbocycles. The van der Waals surface area contributed by atoms with Gasteiger partial charge in [-0.25, -0.2) is 4.79 Å². The Morgan fingerprint density at radius 1 is 1.36 bits per heavy atom. The molecule has 4 nitrogen and oxygen atoms in total. The molecule has 2 aromatic heterocycles. The molecule has 0 atom stereocenters. The van der Waals surface area contributed by atoms with E-state index in [2.05, 4.69) is 17.2 Å². The van der Waals surface area contributed by atoms with E-state index in [0.29, 0.717) is 11.5 Å². The lowest BCUT2D eigenvalue weighted by Gasteiger charge is -1.99. The van der Waals surface area contributed by atoms with Crippen LogP contribution in [0.5, 0.6) is 0 Å². The first-order chi connectivity index (χ1) is 10.7. The first kappa shape index (κ1) is 15.1. The predicted molar refractivity (Wildman–Crippen MR) is 90.6 cm³/mol. The van der Waals surface area contributed by atoms with Crippen molar-refractivity contribution in [3.05, 3.63) is 47.0 Å². The van der Waals surface area contributed by atoms with Crippen LogP contribution in [0.4, 0.5) is 0 Å². The summed E-state index contributed by atoms with van der Waals surface area (Å²) in [5, 5.41) is 5.61. The lowest BCUT2D eigenvalue weighted by molar-refractivity contribution is 0.0532. The van der Waals surface area contributed by atoms with Crippen LogP contribution in [0.25, 0.3) is 10.2 Å². The smallest absolute Gasteiger partial charge is 0.348 e. The maximum atomic E-state index is 11.9. The van der Waals surface area contributed by atoms with Gasteiger partial charge < -0.3 is 4.74 Å². The minimum Gasteiger partial charge on any atom is -0.462 e. The van der Waals surface area contributed by atoms with Gasteiger partial charge >= 0.3 is 5.97 Å². The number of hydrogen-bond acceptors (Lipinski definition) is 5. The highest BCUT2D eigenvalue weighted by Gasteiger charge is 2.17. The van der Waals surface area contributed by atoms with E-state index < -0.39 is 0 Å². The van der Waals surface area contributed by atoms with Crippen LogP contribution in [0.3, 0.4) is 0 Å². The highest BCUT2D eigenvalue weighted by Crippen LogP contribution is 2.32. The highest BCUT2D eigenvalue weighted by molar-refractivity contribution is 7.98. The molecule has 0 radical (unpaired) electrons. The molecule has 2 heterocycles. The number of nitrogens with zero attached hydrogens (tertiary/aromatic N) is 2. The SMILES string of the molecule is CCOC(=O)c1cc2c(CSc3ccccc3)nn(C)c2s1. The molecular formula is C16H16N2O2S2. The fourth-order valence-corrected chi connectivity index (χ4v) is 4.04. The summed E-state index contributed by atoms with van der Waals surface area (Å²) in [6, 6.07) is 12.1. The Labute approximate surface area is 137 Å². The second-order valence-electron chi connectivity index (χ2n) is 4.72. The van der Waals surface area contributed by atoms with E-state index >= 15 is 0 Å². The summed E-state index contributed by atoms with van der Waals surface area (Å²) in [4.78, 5) is 14.7. The molecular weight excluding hydrogens is 316 g/mol. The molecule has 0 aliphatic rings. The van der Waals surface area contributed by atoms with Crippen LogP contribution in [0.1, 0.15) is 22.3 Å². The quantitative estimate of drug-likeness (QED) is 0.521. The highest BCUT2D eigenvalue weighted by atomic mass is 32.2. The average molecular weight is 332 g/mol. The fourth-order valence-electron chi connectivity index (χ4n) is 2.19. The molecule has 0 unspecified atom stereocenters. The van der Waals surface area contributed by atoms with Crippen molar-refractivity contribution in [2.45, 2.75) is 17.6 Å². The molecule has 0 aliphatic heterocycles. The van der Waals surface area contributed by atoms with Gasteiger partial charge in [0.1, 0.15) is 9.71 Å². The first-order valence-corrected chi connectivity index (χ1v) is 8.79. The summed E-state index contributed by atoms with van der Waals surface area (Å²) in [7, 11) is 1.91. The molecule has 0 spiro atoms. The van der Waals surface area contributed by atoms with Crippen molar-refractivity contribution in [2.75, 3.05) is 6.61 Å². The van der Waals surface area contributed by atoms with E-state index in [9.17, 15) is 4.79 Å². The van der Waals surface area contributed by atoms with Crippen LogP contribution in [0.2, 0.25) is 0 Å². The van der Waals surface area contributed by atoms with Crippen LogP contribution in [-0.4, -0.2) is 22.4 Å². The Morgan fingerprint density at radius 3 is 2.86 bits per heavy atom. The molecule has 0 fully saturated rings. The number of hydrogen-bond donors (Lipinski definition) is 0. The fraction of sp³-hybridized carbons (Fsp3) is 0.250. The van der Waals surface area contributed by atoms with Gasteiger partial charge in [0.15, 0.2) is 0 Å². The van der Waals surface area contributed by atoms with Crippen LogP contribution in [0, 0.1) is 0 Å². The second kappa shape index (κ2) is 6.54. The maximum Gasteiger partial charge on any atom is 0.348 e. The molecule has 0 saturated carbocycles. The lowest BCUT2D eigenvalue weighted by Crippen LogP contribution is -2.01. The average Bonchev–Trinajstić information content (AvgIpc) is 3.08.